The molecule has 19 heavy (non-hydrogen) atoms. The van der Waals surface area contributed by atoms with E-state index in [-0.39, 0.29) is 4.90 Å². The van der Waals surface area contributed by atoms with E-state index in [4.69, 9.17) is 0 Å². The fourth-order valence-electron chi connectivity index (χ4n) is 2.05. The predicted molar refractivity (Wildman–Crippen MR) is 78.6 cm³/mol. The van der Waals surface area contributed by atoms with Gasteiger partial charge in [0.05, 0.1) is 0 Å². The van der Waals surface area contributed by atoms with E-state index >= 15 is 0 Å². The van der Waals surface area contributed by atoms with E-state index in [1.165, 1.54) is 4.31 Å². The minimum Gasteiger partial charge on any atom is -0.372 e. The van der Waals surface area contributed by atoms with Gasteiger partial charge in [-0.05, 0) is 40.3 Å². The van der Waals surface area contributed by atoms with E-state index in [9.17, 15) is 8.42 Å². The largest absolute Gasteiger partial charge is 0.372 e. The molecular weight excluding hydrogens is 330 g/mol. The molecule has 5 nitrogen and oxygen atoms in total. The standard InChI is InChI=1S/C12H18BrN3O2S/c1-8-4-9(8)7-16(3)19(17,18)11-5-10(13)6-15-12(11)14-2/h5-6,8-9H,4,7H2,1-3H3,(H,14,15). The van der Waals surface area contributed by atoms with Crippen LogP contribution in [-0.2, 0) is 10.0 Å². The Labute approximate surface area is 122 Å². The highest BCUT2D eigenvalue weighted by atomic mass is 79.9. The normalized spacial score (nSPS) is 22.6. The maximum Gasteiger partial charge on any atom is 0.246 e. The molecule has 1 aliphatic carbocycles. The van der Waals surface area contributed by atoms with Crippen molar-refractivity contribution in [2.24, 2.45) is 11.8 Å². The quantitative estimate of drug-likeness (QED) is 0.886. The average Bonchev–Trinajstić information content (AvgIpc) is 3.04. The van der Waals surface area contributed by atoms with Crippen molar-refractivity contribution >= 4 is 31.8 Å². The molecule has 1 aromatic rings. The molecule has 0 bridgehead atoms. The third-order valence-electron chi connectivity index (χ3n) is 3.51. The molecule has 0 radical (unpaired) electrons. The first-order valence-electron chi connectivity index (χ1n) is 6.16. The van der Waals surface area contributed by atoms with Gasteiger partial charge in [-0.15, -0.1) is 0 Å². The first kappa shape index (κ1) is 14.7. The Bertz CT molecular complexity index is 576. The molecule has 0 aromatic carbocycles. The van der Waals surface area contributed by atoms with E-state index in [0.29, 0.717) is 28.7 Å². The Morgan fingerprint density at radius 1 is 1.58 bits per heavy atom. The molecule has 2 atom stereocenters. The number of nitrogens with zero attached hydrogens (tertiary/aromatic N) is 2. The molecule has 0 amide bonds. The Kier molecular flexibility index (Phi) is 4.17. The van der Waals surface area contributed by atoms with Crippen LogP contribution in [-0.4, -0.2) is 38.3 Å². The molecule has 0 saturated heterocycles. The summed E-state index contributed by atoms with van der Waals surface area (Å²) >= 11 is 3.27. The van der Waals surface area contributed by atoms with Gasteiger partial charge in [0.1, 0.15) is 10.7 Å². The summed E-state index contributed by atoms with van der Waals surface area (Å²) < 4.78 is 27.2. The third kappa shape index (κ3) is 3.09. The summed E-state index contributed by atoms with van der Waals surface area (Å²) in [5, 5.41) is 2.82. The zero-order chi connectivity index (χ0) is 14.2. The fourth-order valence-corrected chi connectivity index (χ4v) is 3.94. The van der Waals surface area contributed by atoms with Crippen LogP contribution in [0.5, 0.6) is 0 Å². The van der Waals surface area contributed by atoms with Gasteiger partial charge in [-0.1, -0.05) is 6.92 Å². The van der Waals surface area contributed by atoms with Crippen molar-refractivity contribution in [3.63, 3.8) is 0 Å². The van der Waals surface area contributed by atoms with Crippen molar-refractivity contribution in [1.82, 2.24) is 9.29 Å². The second kappa shape index (κ2) is 5.38. The first-order valence-corrected chi connectivity index (χ1v) is 8.39. The molecule has 1 N–H and O–H groups in total. The number of anilines is 1. The summed E-state index contributed by atoms with van der Waals surface area (Å²) in [6.07, 6.45) is 2.68. The summed E-state index contributed by atoms with van der Waals surface area (Å²) in [5.74, 6) is 1.49. The van der Waals surface area contributed by atoms with Crippen molar-refractivity contribution in [3.05, 3.63) is 16.7 Å². The molecule has 1 aliphatic rings. The number of halogens is 1. The van der Waals surface area contributed by atoms with Crippen LogP contribution in [0.1, 0.15) is 13.3 Å². The topological polar surface area (TPSA) is 62.3 Å². The number of nitrogens with one attached hydrogen (secondary N) is 1. The second-order valence-electron chi connectivity index (χ2n) is 5.01. The molecule has 1 heterocycles. The lowest BCUT2D eigenvalue weighted by Crippen LogP contribution is -2.30. The van der Waals surface area contributed by atoms with Gasteiger partial charge in [0, 0.05) is 31.3 Å². The molecule has 0 aliphatic heterocycles. The summed E-state index contributed by atoms with van der Waals surface area (Å²) in [7, 11) is -0.214. The van der Waals surface area contributed by atoms with Crippen LogP contribution in [0, 0.1) is 11.8 Å². The van der Waals surface area contributed by atoms with Crippen LogP contribution in [0.4, 0.5) is 5.82 Å². The third-order valence-corrected chi connectivity index (χ3v) is 5.78. The first-order chi connectivity index (χ1) is 8.86. The van der Waals surface area contributed by atoms with E-state index in [2.05, 4.69) is 33.2 Å². The molecule has 7 heteroatoms. The molecule has 1 saturated carbocycles. The summed E-state index contributed by atoms with van der Waals surface area (Å²) in [6, 6.07) is 1.58. The van der Waals surface area contributed by atoms with Crippen LogP contribution in [0.3, 0.4) is 0 Å². The van der Waals surface area contributed by atoms with Gasteiger partial charge in [-0.25, -0.2) is 17.7 Å². The minimum atomic E-state index is -3.50. The van der Waals surface area contributed by atoms with E-state index in [0.717, 1.165) is 6.42 Å². The Balaban J connectivity index is 2.30. The Morgan fingerprint density at radius 2 is 2.21 bits per heavy atom. The lowest BCUT2D eigenvalue weighted by atomic mass is 10.3. The van der Waals surface area contributed by atoms with Gasteiger partial charge in [0.25, 0.3) is 0 Å². The van der Waals surface area contributed by atoms with Crippen LogP contribution < -0.4 is 5.32 Å². The van der Waals surface area contributed by atoms with Crippen LogP contribution in [0.15, 0.2) is 21.6 Å². The van der Waals surface area contributed by atoms with Crippen LogP contribution >= 0.6 is 15.9 Å². The summed E-state index contributed by atoms with van der Waals surface area (Å²) in [4.78, 5) is 4.30. The van der Waals surface area contributed by atoms with Crippen molar-refractivity contribution in [2.45, 2.75) is 18.2 Å². The van der Waals surface area contributed by atoms with E-state index in [1.807, 2.05) is 0 Å². The number of sulfonamides is 1. The predicted octanol–water partition coefficient (Wildman–Crippen LogP) is 2.16. The number of hydrogen-bond acceptors (Lipinski definition) is 4. The number of pyridine rings is 1. The maximum atomic E-state index is 12.6. The monoisotopic (exact) mass is 347 g/mol. The maximum absolute atomic E-state index is 12.6. The van der Waals surface area contributed by atoms with E-state index < -0.39 is 10.0 Å². The van der Waals surface area contributed by atoms with Crippen molar-refractivity contribution in [1.29, 1.82) is 0 Å². The van der Waals surface area contributed by atoms with Crippen LogP contribution in [0.2, 0.25) is 0 Å². The Hall–Kier alpha value is -0.660. The Morgan fingerprint density at radius 3 is 2.74 bits per heavy atom. The zero-order valence-electron chi connectivity index (χ0n) is 11.2. The van der Waals surface area contributed by atoms with Gasteiger partial charge >= 0.3 is 0 Å². The van der Waals surface area contributed by atoms with Crippen molar-refractivity contribution < 1.29 is 8.42 Å². The van der Waals surface area contributed by atoms with Crippen molar-refractivity contribution in [2.75, 3.05) is 26.0 Å². The fraction of sp³-hybridized carbons (Fsp3) is 0.583. The molecular formula is C12H18BrN3O2S. The second-order valence-corrected chi connectivity index (χ2v) is 7.94. The molecule has 2 rings (SSSR count). The molecule has 106 valence electrons. The van der Waals surface area contributed by atoms with E-state index in [1.54, 1.807) is 26.4 Å². The highest BCUT2D eigenvalue weighted by Gasteiger charge is 2.36. The highest BCUT2D eigenvalue weighted by Crippen LogP contribution is 2.39. The van der Waals surface area contributed by atoms with Gasteiger partial charge < -0.3 is 5.32 Å². The average molecular weight is 348 g/mol. The number of aromatic nitrogens is 1. The summed E-state index contributed by atoms with van der Waals surface area (Å²) in [6.45, 7) is 2.71. The molecule has 2 unspecified atom stereocenters. The number of hydrogen-bond donors (Lipinski definition) is 1. The summed E-state index contributed by atoms with van der Waals surface area (Å²) in [5.41, 5.74) is 0. The minimum absolute atomic E-state index is 0.208. The lowest BCUT2D eigenvalue weighted by molar-refractivity contribution is 0.444. The smallest absolute Gasteiger partial charge is 0.246 e. The zero-order valence-corrected chi connectivity index (χ0v) is 13.6. The van der Waals surface area contributed by atoms with Gasteiger partial charge in [0.15, 0.2) is 0 Å². The molecule has 0 spiro atoms. The molecule has 1 fully saturated rings. The molecule has 1 aromatic heterocycles. The highest BCUT2D eigenvalue weighted by molar-refractivity contribution is 9.10. The van der Waals surface area contributed by atoms with Gasteiger partial charge in [-0.2, -0.15) is 0 Å². The SMILES string of the molecule is CNc1ncc(Br)cc1S(=O)(=O)N(C)CC1CC1C. The van der Waals surface area contributed by atoms with Crippen molar-refractivity contribution in [3.8, 4) is 0 Å². The van der Waals surface area contributed by atoms with Gasteiger partial charge in [-0.3, -0.25) is 0 Å². The lowest BCUT2D eigenvalue weighted by Gasteiger charge is -2.18. The van der Waals surface area contributed by atoms with Crippen LogP contribution in [0.25, 0.3) is 0 Å². The number of rotatable bonds is 5. The van der Waals surface area contributed by atoms with Gasteiger partial charge in [0.2, 0.25) is 10.0 Å².